The maximum absolute atomic E-state index is 11.4. The molecule has 2 heterocycles. The zero-order valence-electron chi connectivity index (χ0n) is 19.8. The number of piperidine rings is 1. The van der Waals surface area contributed by atoms with Crippen LogP contribution in [0, 0.1) is 5.92 Å². The summed E-state index contributed by atoms with van der Waals surface area (Å²) in [5.74, 6) is 1.22. The Hall–Kier alpha value is -4.32. The smallest absolute Gasteiger partial charge is 0.306 e. The second-order valence-corrected chi connectivity index (χ2v) is 9.20. The number of aromatic nitrogens is 1. The lowest BCUT2D eigenvalue weighted by Gasteiger charge is -2.28. The van der Waals surface area contributed by atoms with Crippen LogP contribution < -0.4 is 9.64 Å². The lowest BCUT2D eigenvalue weighted by atomic mass is 9.97. The van der Waals surface area contributed by atoms with Crippen LogP contribution in [0.5, 0.6) is 11.5 Å². The Morgan fingerprint density at radius 2 is 1.69 bits per heavy atom. The number of allylic oxidation sites excluding steroid dienone is 1. The van der Waals surface area contributed by atoms with Crippen molar-refractivity contribution in [2.45, 2.75) is 19.3 Å². The molecule has 36 heavy (non-hydrogen) atoms. The number of hydrogen-bond acceptors (Lipinski definition) is 5. The molecule has 0 radical (unpaired) electrons. The van der Waals surface area contributed by atoms with Crippen molar-refractivity contribution in [1.82, 2.24) is 4.98 Å². The van der Waals surface area contributed by atoms with Gasteiger partial charge in [-0.15, -0.1) is 0 Å². The van der Waals surface area contributed by atoms with Gasteiger partial charge < -0.3 is 19.2 Å². The molecule has 6 rings (SSSR count). The Kier molecular flexibility index (Phi) is 5.77. The van der Waals surface area contributed by atoms with E-state index >= 15 is 0 Å². The van der Waals surface area contributed by atoms with E-state index in [1.54, 1.807) is 0 Å². The van der Waals surface area contributed by atoms with Gasteiger partial charge in [0.25, 0.3) is 6.01 Å². The van der Waals surface area contributed by atoms with E-state index in [1.807, 2.05) is 54.6 Å². The number of fused-ring (bicyclic) bond motifs is 1. The maximum atomic E-state index is 11.4. The molecule has 0 unspecified atom stereocenters. The molecule has 1 fully saturated rings. The number of aliphatic carboxylic acids is 1. The minimum Gasteiger partial charge on any atom is -0.481 e. The molecular formula is C30H26N2O4. The van der Waals surface area contributed by atoms with Crippen LogP contribution in [0.3, 0.4) is 0 Å². The summed E-state index contributed by atoms with van der Waals surface area (Å²) in [5.41, 5.74) is 5.14. The standard InChI is InChI=1S/C30H26N2O4/c33-29(34)22-16-18-32(19-17-22)30-31-27(28(36-30)26-11-5-7-20-6-4-10-25(20)26)21-12-14-24(15-13-21)35-23-8-2-1-3-9-23/h1-5,7-15,22H,6,16-19H2,(H,33,34). The van der Waals surface area contributed by atoms with Crippen molar-refractivity contribution in [3.8, 4) is 34.1 Å². The Morgan fingerprint density at radius 3 is 2.44 bits per heavy atom. The average molecular weight is 479 g/mol. The number of nitrogens with zero attached hydrogens (tertiary/aromatic N) is 2. The molecule has 0 atom stereocenters. The summed E-state index contributed by atoms with van der Waals surface area (Å²) in [6.07, 6.45) is 6.38. The van der Waals surface area contributed by atoms with E-state index in [0.29, 0.717) is 31.9 Å². The summed E-state index contributed by atoms with van der Waals surface area (Å²) in [5, 5.41) is 9.37. The zero-order chi connectivity index (χ0) is 24.5. The third-order valence-corrected chi connectivity index (χ3v) is 6.90. The van der Waals surface area contributed by atoms with E-state index in [1.165, 1.54) is 5.56 Å². The first-order chi connectivity index (χ1) is 17.7. The topological polar surface area (TPSA) is 75.8 Å². The monoisotopic (exact) mass is 478 g/mol. The Morgan fingerprint density at radius 1 is 0.944 bits per heavy atom. The molecular weight excluding hydrogens is 452 g/mol. The summed E-state index contributed by atoms with van der Waals surface area (Å²) >= 11 is 0. The number of carboxylic acids is 1. The number of benzene rings is 3. The number of rotatable bonds is 6. The van der Waals surface area contributed by atoms with Gasteiger partial charge in [-0.3, -0.25) is 4.79 Å². The zero-order valence-corrected chi connectivity index (χ0v) is 19.8. The minimum atomic E-state index is -0.729. The van der Waals surface area contributed by atoms with Crippen LogP contribution in [-0.4, -0.2) is 29.1 Å². The van der Waals surface area contributed by atoms with E-state index in [4.69, 9.17) is 14.1 Å². The highest BCUT2D eigenvalue weighted by Crippen LogP contribution is 2.41. The lowest BCUT2D eigenvalue weighted by Crippen LogP contribution is -2.36. The van der Waals surface area contributed by atoms with Gasteiger partial charge in [0.2, 0.25) is 0 Å². The first kappa shape index (κ1) is 22.2. The van der Waals surface area contributed by atoms with E-state index in [-0.39, 0.29) is 5.92 Å². The van der Waals surface area contributed by atoms with Gasteiger partial charge in [-0.2, -0.15) is 4.98 Å². The Labute approximate surface area is 209 Å². The van der Waals surface area contributed by atoms with Crippen molar-refractivity contribution in [2.75, 3.05) is 18.0 Å². The van der Waals surface area contributed by atoms with Crippen LogP contribution in [-0.2, 0) is 11.2 Å². The van der Waals surface area contributed by atoms with Crippen molar-refractivity contribution in [1.29, 1.82) is 0 Å². The van der Waals surface area contributed by atoms with Gasteiger partial charge in [0.15, 0.2) is 5.76 Å². The number of oxazole rings is 1. The summed E-state index contributed by atoms with van der Waals surface area (Å²) in [6.45, 7) is 1.21. The SMILES string of the molecule is O=C(O)C1CCN(c2nc(-c3ccc(Oc4ccccc4)cc3)c(-c3cccc4c3C=CC4)o2)CC1. The summed E-state index contributed by atoms with van der Waals surface area (Å²) in [6, 6.07) is 24.4. The predicted molar refractivity (Wildman–Crippen MR) is 139 cm³/mol. The predicted octanol–water partition coefficient (Wildman–Crippen LogP) is 6.67. The van der Waals surface area contributed by atoms with Gasteiger partial charge in [0.1, 0.15) is 17.2 Å². The van der Waals surface area contributed by atoms with Gasteiger partial charge in [-0.1, -0.05) is 48.6 Å². The van der Waals surface area contributed by atoms with E-state index in [2.05, 4.69) is 35.3 Å². The fraction of sp³-hybridized carbons (Fsp3) is 0.200. The maximum Gasteiger partial charge on any atom is 0.306 e. The Bertz CT molecular complexity index is 1420. The second-order valence-electron chi connectivity index (χ2n) is 9.20. The van der Waals surface area contributed by atoms with Gasteiger partial charge in [0, 0.05) is 24.2 Å². The summed E-state index contributed by atoms with van der Waals surface area (Å²) in [7, 11) is 0. The van der Waals surface area contributed by atoms with Gasteiger partial charge >= 0.3 is 5.97 Å². The minimum absolute atomic E-state index is 0.310. The molecule has 3 aromatic carbocycles. The molecule has 1 N–H and O–H groups in total. The van der Waals surface area contributed by atoms with Crippen LogP contribution in [0.2, 0.25) is 0 Å². The molecule has 6 nitrogen and oxygen atoms in total. The molecule has 0 spiro atoms. The van der Waals surface area contributed by atoms with Crippen LogP contribution in [0.4, 0.5) is 6.01 Å². The molecule has 1 aliphatic carbocycles. The first-order valence-corrected chi connectivity index (χ1v) is 12.3. The number of hydrogen-bond donors (Lipinski definition) is 1. The molecule has 0 saturated carbocycles. The van der Waals surface area contributed by atoms with E-state index in [0.717, 1.165) is 46.1 Å². The lowest BCUT2D eigenvalue weighted by molar-refractivity contribution is -0.142. The highest BCUT2D eigenvalue weighted by atomic mass is 16.5. The van der Waals surface area contributed by atoms with Gasteiger partial charge in [0.05, 0.1) is 5.92 Å². The average Bonchev–Trinajstić information content (AvgIpc) is 3.58. The third-order valence-electron chi connectivity index (χ3n) is 6.90. The van der Waals surface area contributed by atoms with Crippen molar-refractivity contribution in [2.24, 2.45) is 5.92 Å². The fourth-order valence-electron chi connectivity index (χ4n) is 4.94. The Balaban J connectivity index is 1.36. The molecule has 1 aromatic heterocycles. The van der Waals surface area contributed by atoms with Crippen LogP contribution >= 0.6 is 0 Å². The van der Waals surface area contributed by atoms with Crippen LogP contribution in [0.1, 0.15) is 24.0 Å². The largest absolute Gasteiger partial charge is 0.481 e. The first-order valence-electron chi connectivity index (χ1n) is 12.3. The molecule has 180 valence electrons. The van der Waals surface area contributed by atoms with Crippen LogP contribution in [0.15, 0.2) is 83.3 Å². The molecule has 6 heteroatoms. The molecule has 1 aliphatic heterocycles. The van der Waals surface area contributed by atoms with Crippen molar-refractivity contribution in [3.05, 3.63) is 90.0 Å². The molecule has 2 aliphatic rings. The summed E-state index contributed by atoms with van der Waals surface area (Å²) in [4.78, 5) is 18.4. The quantitative estimate of drug-likeness (QED) is 0.333. The van der Waals surface area contributed by atoms with Gasteiger partial charge in [-0.05, 0) is 66.8 Å². The molecule has 4 aromatic rings. The second kappa shape index (κ2) is 9.38. The molecule has 0 bridgehead atoms. The van der Waals surface area contributed by atoms with E-state index in [9.17, 15) is 9.90 Å². The number of ether oxygens (including phenoxy) is 1. The third kappa shape index (κ3) is 4.26. The summed E-state index contributed by atoms with van der Waals surface area (Å²) < 4.78 is 12.4. The fourth-order valence-corrected chi connectivity index (χ4v) is 4.94. The normalized spacial score (nSPS) is 15.2. The highest BCUT2D eigenvalue weighted by molar-refractivity contribution is 5.85. The van der Waals surface area contributed by atoms with Crippen molar-refractivity contribution >= 4 is 18.1 Å². The molecule has 0 amide bonds. The highest BCUT2D eigenvalue weighted by Gasteiger charge is 2.29. The van der Waals surface area contributed by atoms with Crippen LogP contribution in [0.25, 0.3) is 28.7 Å². The number of carbonyl (C=O) groups is 1. The number of para-hydroxylation sites is 1. The van der Waals surface area contributed by atoms with Crippen molar-refractivity contribution < 1.29 is 19.1 Å². The number of carboxylic acid groups (broad SMARTS) is 1. The van der Waals surface area contributed by atoms with Crippen molar-refractivity contribution in [3.63, 3.8) is 0 Å². The molecule has 1 saturated heterocycles. The van der Waals surface area contributed by atoms with Gasteiger partial charge in [-0.25, -0.2) is 0 Å². The van der Waals surface area contributed by atoms with E-state index < -0.39 is 5.97 Å². The number of anilines is 1.